The fourth-order valence-corrected chi connectivity index (χ4v) is 2.62. The molecular formula is C17H19N5O3. The topological polar surface area (TPSA) is 91.9 Å². The Bertz CT molecular complexity index is 959. The molecule has 0 aliphatic heterocycles. The fourth-order valence-electron chi connectivity index (χ4n) is 2.62. The van der Waals surface area contributed by atoms with Crippen LogP contribution in [0.1, 0.15) is 31.9 Å². The quantitative estimate of drug-likeness (QED) is 0.657. The van der Waals surface area contributed by atoms with Crippen molar-refractivity contribution in [2.45, 2.75) is 33.2 Å². The van der Waals surface area contributed by atoms with Crippen molar-refractivity contribution in [3.05, 3.63) is 46.5 Å². The summed E-state index contributed by atoms with van der Waals surface area (Å²) in [7, 11) is 0. The lowest BCUT2D eigenvalue weighted by Crippen LogP contribution is -2.31. The summed E-state index contributed by atoms with van der Waals surface area (Å²) in [6, 6.07) is 6.92. The third kappa shape index (κ3) is 3.02. The molecule has 8 heteroatoms. The summed E-state index contributed by atoms with van der Waals surface area (Å²) in [5, 5.41) is 8.00. The Morgan fingerprint density at radius 1 is 1.24 bits per heavy atom. The summed E-state index contributed by atoms with van der Waals surface area (Å²) >= 11 is 0. The number of esters is 1. The Labute approximate surface area is 144 Å². The van der Waals surface area contributed by atoms with Crippen LogP contribution in [-0.4, -0.2) is 37.1 Å². The maximum Gasteiger partial charge on any atom is 0.329 e. The number of carbonyl (C=O) groups is 1. The summed E-state index contributed by atoms with van der Waals surface area (Å²) in [5.74, 6) is -0.459. The molecular weight excluding hydrogens is 322 g/mol. The molecule has 0 saturated carbocycles. The molecule has 2 aromatic heterocycles. The summed E-state index contributed by atoms with van der Waals surface area (Å²) < 4.78 is 7.80. The minimum absolute atomic E-state index is 0.117. The molecule has 0 aliphatic carbocycles. The highest BCUT2D eigenvalue weighted by Crippen LogP contribution is 2.15. The van der Waals surface area contributed by atoms with E-state index in [0.29, 0.717) is 12.1 Å². The molecule has 8 nitrogen and oxygen atoms in total. The molecule has 0 N–H and O–H groups in total. The molecule has 3 rings (SSSR count). The smallest absolute Gasteiger partial charge is 0.329 e. The molecule has 130 valence electrons. The van der Waals surface area contributed by atoms with Gasteiger partial charge in [0.05, 0.1) is 12.3 Å². The molecule has 0 bridgehead atoms. The minimum Gasteiger partial charge on any atom is -0.464 e. The Balaban J connectivity index is 2.09. The van der Waals surface area contributed by atoms with Crippen molar-refractivity contribution in [2.24, 2.45) is 0 Å². The van der Waals surface area contributed by atoms with Crippen molar-refractivity contribution in [3.63, 3.8) is 0 Å². The molecule has 1 atom stereocenters. The molecule has 2 heterocycles. The lowest BCUT2D eigenvalue weighted by atomic mass is 10.2. The average molecular weight is 341 g/mol. The van der Waals surface area contributed by atoms with Gasteiger partial charge in [-0.25, -0.2) is 9.78 Å². The zero-order chi connectivity index (χ0) is 18.0. The zero-order valence-corrected chi connectivity index (χ0v) is 14.3. The Morgan fingerprint density at radius 3 is 2.60 bits per heavy atom. The van der Waals surface area contributed by atoms with Crippen molar-refractivity contribution in [1.82, 2.24) is 24.5 Å². The first-order valence-corrected chi connectivity index (χ1v) is 8.13. The first kappa shape index (κ1) is 16.8. The molecule has 0 unspecified atom stereocenters. The highest BCUT2D eigenvalue weighted by atomic mass is 16.5. The maximum atomic E-state index is 12.7. The maximum absolute atomic E-state index is 12.7. The number of hydrogen-bond donors (Lipinski definition) is 0. The summed E-state index contributed by atoms with van der Waals surface area (Å²) in [4.78, 5) is 29.1. The van der Waals surface area contributed by atoms with Crippen LogP contribution < -0.4 is 5.56 Å². The predicted octanol–water partition coefficient (Wildman–Crippen LogP) is 1.80. The number of rotatable bonds is 5. The SMILES string of the molecule is CCOC(=O)[C@@H](CC)n1cnc2c(nnn2-c2ccc(C)cc2)c1=O. The van der Waals surface area contributed by atoms with E-state index in [1.54, 1.807) is 13.8 Å². The van der Waals surface area contributed by atoms with E-state index in [0.717, 1.165) is 11.3 Å². The number of aromatic nitrogens is 5. The standard InChI is InChI=1S/C17H19N5O3/c1-4-13(17(24)25-5-2)21-10-18-15-14(16(21)23)19-20-22(15)12-8-6-11(3)7-9-12/h6-10,13H,4-5H2,1-3H3/t13-/m1/s1. The number of benzene rings is 1. The summed E-state index contributed by atoms with van der Waals surface area (Å²) in [6.45, 7) is 5.77. The predicted molar refractivity (Wildman–Crippen MR) is 91.6 cm³/mol. The van der Waals surface area contributed by atoms with Crippen molar-refractivity contribution in [1.29, 1.82) is 0 Å². The van der Waals surface area contributed by atoms with E-state index < -0.39 is 17.6 Å². The van der Waals surface area contributed by atoms with E-state index in [2.05, 4.69) is 15.3 Å². The highest BCUT2D eigenvalue weighted by Gasteiger charge is 2.23. The molecule has 3 aromatic rings. The third-order valence-electron chi connectivity index (χ3n) is 3.95. The Morgan fingerprint density at radius 2 is 1.96 bits per heavy atom. The second-order valence-corrected chi connectivity index (χ2v) is 5.64. The van der Waals surface area contributed by atoms with Crippen LogP contribution >= 0.6 is 0 Å². The second-order valence-electron chi connectivity index (χ2n) is 5.64. The summed E-state index contributed by atoms with van der Waals surface area (Å²) in [6.07, 6.45) is 1.77. The van der Waals surface area contributed by atoms with Crippen LogP contribution in [-0.2, 0) is 9.53 Å². The zero-order valence-electron chi connectivity index (χ0n) is 14.3. The fraction of sp³-hybridized carbons (Fsp3) is 0.353. The van der Waals surface area contributed by atoms with E-state index in [9.17, 15) is 9.59 Å². The number of ether oxygens (including phenoxy) is 1. The number of fused-ring (bicyclic) bond motifs is 1. The van der Waals surface area contributed by atoms with Gasteiger partial charge in [-0.15, -0.1) is 5.10 Å². The van der Waals surface area contributed by atoms with Crippen LogP contribution in [0.25, 0.3) is 16.9 Å². The van der Waals surface area contributed by atoms with Gasteiger partial charge < -0.3 is 4.74 Å². The van der Waals surface area contributed by atoms with Crippen LogP contribution in [0.5, 0.6) is 0 Å². The normalized spacial score (nSPS) is 12.3. The van der Waals surface area contributed by atoms with Gasteiger partial charge in [-0.1, -0.05) is 29.8 Å². The minimum atomic E-state index is -0.728. The monoisotopic (exact) mass is 341 g/mol. The molecule has 0 fully saturated rings. The first-order chi connectivity index (χ1) is 12.1. The van der Waals surface area contributed by atoms with Crippen LogP contribution in [0, 0.1) is 6.92 Å². The van der Waals surface area contributed by atoms with Crippen molar-refractivity contribution >= 4 is 17.1 Å². The van der Waals surface area contributed by atoms with Gasteiger partial charge in [0.25, 0.3) is 5.56 Å². The van der Waals surface area contributed by atoms with E-state index in [1.807, 2.05) is 31.2 Å². The average Bonchev–Trinajstić information content (AvgIpc) is 3.03. The van der Waals surface area contributed by atoms with Crippen molar-refractivity contribution in [3.8, 4) is 5.69 Å². The number of nitrogens with zero attached hydrogens (tertiary/aromatic N) is 5. The van der Waals surface area contributed by atoms with Gasteiger partial charge in [-0.2, -0.15) is 4.68 Å². The lowest BCUT2D eigenvalue weighted by molar-refractivity contribution is -0.147. The molecule has 25 heavy (non-hydrogen) atoms. The number of carbonyl (C=O) groups excluding carboxylic acids is 1. The first-order valence-electron chi connectivity index (χ1n) is 8.13. The van der Waals surface area contributed by atoms with E-state index in [4.69, 9.17) is 4.74 Å². The number of hydrogen-bond acceptors (Lipinski definition) is 6. The largest absolute Gasteiger partial charge is 0.464 e. The van der Waals surface area contributed by atoms with E-state index in [1.165, 1.54) is 15.6 Å². The molecule has 0 aliphatic rings. The van der Waals surface area contributed by atoms with Crippen molar-refractivity contribution < 1.29 is 9.53 Å². The molecule has 1 aromatic carbocycles. The molecule has 0 spiro atoms. The third-order valence-corrected chi connectivity index (χ3v) is 3.95. The molecule has 0 amide bonds. The van der Waals surface area contributed by atoms with Crippen LogP contribution in [0.4, 0.5) is 0 Å². The van der Waals surface area contributed by atoms with Gasteiger partial charge in [-0.05, 0) is 32.4 Å². The second kappa shape index (κ2) is 6.84. The van der Waals surface area contributed by atoms with Gasteiger partial charge in [-0.3, -0.25) is 9.36 Å². The van der Waals surface area contributed by atoms with Gasteiger partial charge in [0.1, 0.15) is 12.4 Å². The Kier molecular flexibility index (Phi) is 4.60. The molecule has 0 saturated heterocycles. The van der Waals surface area contributed by atoms with Gasteiger partial charge >= 0.3 is 5.97 Å². The van der Waals surface area contributed by atoms with Crippen LogP contribution in [0.3, 0.4) is 0 Å². The molecule has 0 radical (unpaired) electrons. The van der Waals surface area contributed by atoms with E-state index >= 15 is 0 Å². The lowest BCUT2D eigenvalue weighted by Gasteiger charge is -2.15. The van der Waals surface area contributed by atoms with Gasteiger partial charge in [0, 0.05) is 0 Å². The van der Waals surface area contributed by atoms with Crippen molar-refractivity contribution in [2.75, 3.05) is 6.61 Å². The van der Waals surface area contributed by atoms with Gasteiger partial charge in [0.2, 0.25) is 0 Å². The van der Waals surface area contributed by atoms with Gasteiger partial charge in [0.15, 0.2) is 11.2 Å². The van der Waals surface area contributed by atoms with Crippen LogP contribution in [0.15, 0.2) is 35.4 Å². The van der Waals surface area contributed by atoms with Crippen LogP contribution in [0.2, 0.25) is 0 Å². The number of aryl methyl sites for hydroxylation is 1. The Hall–Kier alpha value is -3.03. The highest BCUT2D eigenvalue weighted by molar-refractivity contribution is 5.75. The van der Waals surface area contributed by atoms with E-state index in [-0.39, 0.29) is 12.1 Å². The summed E-state index contributed by atoms with van der Waals surface area (Å²) in [5.41, 5.74) is 1.93.